The van der Waals surface area contributed by atoms with Crippen LogP contribution in [0.1, 0.15) is 25.3 Å². The van der Waals surface area contributed by atoms with Crippen LogP contribution in [-0.2, 0) is 14.6 Å². The molecule has 2 rings (SSSR count). The molecule has 6 heteroatoms. The molecule has 1 fully saturated rings. The molecule has 0 bridgehead atoms. The molecule has 5 nitrogen and oxygen atoms in total. The largest absolute Gasteiger partial charge is 0.325 e. The number of amides is 1. The lowest BCUT2D eigenvalue weighted by atomic mass is 9.80. The van der Waals surface area contributed by atoms with E-state index >= 15 is 0 Å². The molecule has 0 aliphatic carbocycles. The van der Waals surface area contributed by atoms with E-state index in [0.717, 1.165) is 37.8 Å². The molecule has 1 saturated heterocycles. The zero-order valence-electron chi connectivity index (χ0n) is 12.7. The van der Waals surface area contributed by atoms with Gasteiger partial charge in [-0.15, -0.1) is 0 Å². The predicted octanol–water partition coefficient (Wildman–Crippen LogP) is 1.73. The summed E-state index contributed by atoms with van der Waals surface area (Å²) < 4.78 is 23.3. The average molecular weight is 310 g/mol. The van der Waals surface area contributed by atoms with E-state index in [1.807, 2.05) is 13.8 Å². The number of carbonyl (C=O) groups excluding carboxylic acids is 1. The lowest BCUT2D eigenvalue weighted by Gasteiger charge is -2.32. The van der Waals surface area contributed by atoms with E-state index in [9.17, 15) is 13.2 Å². The maximum atomic E-state index is 12.5. The van der Waals surface area contributed by atoms with Gasteiger partial charge in [0, 0.05) is 17.4 Å². The summed E-state index contributed by atoms with van der Waals surface area (Å²) in [7, 11) is -3.28. The van der Waals surface area contributed by atoms with Crippen molar-refractivity contribution >= 4 is 21.4 Å². The second-order valence-corrected chi connectivity index (χ2v) is 8.03. The maximum Gasteiger partial charge on any atom is 0.230 e. The molecule has 1 aliphatic rings. The smallest absolute Gasteiger partial charge is 0.230 e. The molecule has 116 valence electrons. The molecular weight excluding hydrogens is 288 g/mol. The number of piperidine rings is 1. The lowest BCUT2D eigenvalue weighted by Crippen LogP contribution is -2.42. The topological polar surface area (TPSA) is 75.3 Å². The van der Waals surface area contributed by atoms with Crippen LogP contribution in [0.2, 0.25) is 0 Å². The van der Waals surface area contributed by atoms with Crippen LogP contribution < -0.4 is 10.6 Å². The number of hydrogen-bond donors (Lipinski definition) is 2. The van der Waals surface area contributed by atoms with Crippen LogP contribution in [0.15, 0.2) is 23.1 Å². The summed E-state index contributed by atoms with van der Waals surface area (Å²) in [6.45, 7) is 5.46. The highest BCUT2D eigenvalue weighted by Gasteiger charge is 2.34. The highest BCUT2D eigenvalue weighted by molar-refractivity contribution is 7.90. The molecule has 0 radical (unpaired) electrons. The molecule has 21 heavy (non-hydrogen) atoms. The van der Waals surface area contributed by atoms with Crippen molar-refractivity contribution < 1.29 is 13.2 Å². The fraction of sp³-hybridized carbons (Fsp3) is 0.533. The van der Waals surface area contributed by atoms with Gasteiger partial charge < -0.3 is 10.6 Å². The molecule has 0 aromatic heterocycles. The van der Waals surface area contributed by atoms with Crippen molar-refractivity contribution in [1.29, 1.82) is 0 Å². The second-order valence-electron chi connectivity index (χ2n) is 6.01. The summed E-state index contributed by atoms with van der Waals surface area (Å²) in [4.78, 5) is 12.7. The van der Waals surface area contributed by atoms with Crippen LogP contribution in [0.4, 0.5) is 5.69 Å². The van der Waals surface area contributed by atoms with E-state index in [-0.39, 0.29) is 10.8 Å². The minimum Gasteiger partial charge on any atom is -0.325 e. The van der Waals surface area contributed by atoms with Crippen LogP contribution >= 0.6 is 0 Å². The fourth-order valence-electron chi connectivity index (χ4n) is 2.45. The van der Waals surface area contributed by atoms with Crippen molar-refractivity contribution in [2.45, 2.75) is 31.6 Å². The van der Waals surface area contributed by atoms with E-state index in [0.29, 0.717) is 5.69 Å². The molecule has 0 atom stereocenters. The Labute approximate surface area is 126 Å². The zero-order chi connectivity index (χ0) is 15.7. The van der Waals surface area contributed by atoms with Crippen LogP contribution in [0.25, 0.3) is 0 Å². The number of sulfone groups is 1. The van der Waals surface area contributed by atoms with Crippen molar-refractivity contribution in [1.82, 2.24) is 5.32 Å². The Bertz CT molecular complexity index is 647. The molecule has 0 spiro atoms. The van der Waals surface area contributed by atoms with Gasteiger partial charge in [0.15, 0.2) is 9.84 Å². The molecular formula is C15H22N2O3S. The molecule has 1 heterocycles. The van der Waals surface area contributed by atoms with Gasteiger partial charge in [0.2, 0.25) is 5.91 Å². The quantitative estimate of drug-likeness (QED) is 0.891. The number of benzene rings is 1. The highest BCUT2D eigenvalue weighted by Crippen LogP contribution is 2.30. The summed E-state index contributed by atoms with van der Waals surface area (Å²) >= 11 is 0. The summed E-state index contributed by atoms with van der Waals surface area (Å²) in [5.41, 5.74) is 1.02. The van der Waals surface area contributed by atoms with Gasteiger partial charge in [-0.05, 0) is 50.6 Å². The molecule has 0 saturated carbocycles. The summed E-state index contributed by atoms with van der Waals surface area (Å²) in [5.74, 6) is -0.0437. The molecule has 0 unspecified atom stereocenters. The Morgan fingerprint density at radius 3 is 2.48 bits per heavy atom. The Kier molecular flexibility index (Phi) is 4.39. The number of rotatable bonds is 3. The van der Waals surface area contributed by atoms with Gasteiger partial charge in [-0.3, -0.25) is 4.79 Å². The second kappa shape index (κ2) is 5.77. The molecule has 1 aliphatic heterocycles. The summed E-state index contributed by atoms with van der Waals surface area (Å²) in [6, 6.07) is 4.82. The number of anilines is 1. The van der Waals surface area contributed by atoms with Crippen LogP contribution in [0.5, 0.6) is 0 Å². The van der Waals surface area contributed by atoms with Crippen molar-refractivity contribution in [3.05, 3.63) is 23.8 Å². The van der Waals surface area contributed by atoms with E-state index in [4.69, 9.17) is 0 Å². The first-order chi connectivity index (χ1) is 9.72. The van der Waals surface area contributed by atoms with E-state index in [1.165, 1.54) is 6.07 Å². The minimum atomic E-state index is -3.28. The van der Waals surface area contributed by atoms with E-state index < -0.39 is 15.3 Å². The Morgan fingerprint density at radius 2 is 1.90 bits per heavy atom. The minimum absolute atomic E-state index is 0.0437. The molecule has 1 aromatic carbocycles. The van der Waals surface area contributed by atoms with E-state index in [2.05, 4.69) is 10.6 Å². The van der Waals surface area contributed by atoms with Crippen molar-refractivity contribution in [2.24, 2.45) is 5.41 Å². The van der Waals surface area contributed by atoms with Crippen LogP contribution in [-0.4, -0.2) is 33.7 Å². The monoisotopic (exact) mass is 310 g/mol. The molecule has 2 N–H and O–H groups in total. The first kappa shape index (κ1) is 16.0. The van der Waals surface area contributed by atoms with E-state index in [1.54, 1.807) is 12.1 Å². The SMILES string of the molecule is Cc1ccc(S(C)(=O)=O)cc1NC(=O)C1(C)CCNCC1. The summed E-state index contributed by atoms with van der Waals surface area (Å²) in [5, 5.41) is 6.14. The number of aryl methyl sites for hydroxylation is 1. The van der Waals surface area contributed by atoms with Crippen LogP contribution in [0.3, 0.4) is 0 Å². The van der Waals surface area contributed by atoms with Gasteiger partial charge in [0.05, 0.1) is 4.90 Å². The number of hydrogen-bond acceptors (Lipinski definition) is 4. The third-order valence-corrected chi connectivity index (χ3v) is 5.25. The molecule has 1 aromatic rings. The standard InChI is InChI=1S/C15H22N2O3S/c1-11-4-5-12(21(3,19)20)10-13(11)17-14(18)15(2)6-8-16-9-7-15/h4-5,10,16H,6-9H2,1-3H3,(H,17,18). The highest BCUT2D eigenvalue weighted by atomic mass is 32.2. The Balaban J connectivity index is 2.24. The third kappa shape index (κ3) is 3.63. The lowest BCUT2D eigenvalue weighted by molar-refractivity contribution is -0.126. The first-order valence-electron chi connectivity index (χ1n) is 7.05. The average Bonchev–Trinajstić information content (AvgIpc) is 2.40. The maximum absolute atomic E-state index is 12.5. The first-order valence-corrected chi connectivity index (χ1v) is 8.94. The van der Waals surface area contributed by atoms with Gasteiger partial charge in [-0.25, -0.2) is 8.42 Å². The third-order valence-electron chi connectivity index (χ3n) is 4.14. The van der Waals surface area contributed by atoms with Gasteiger partial charge in [-0.1, -0.05) is 13.0 Å². The van der Waals surface area contributed by atoms with Crippen LogP contribution in [0, 0.1) is 12.3 Å². The Hall–Kier alpha value is -1.40. The predicted molar refractivity (Wildman–Crippen MR) is 83.1 cm³/mol. The van der Waals surface area contributed by atoms with Gasteiger partial charge in [0.1, 0.15) is 0 Å². The zero-order valence-corrected chi connectivity index (χ0v) is 13.5. The number of carbonyl (C=O) groups is 1. The van der Waals surface area contributed by atoms with Gasteiger partial charge in [0.25, 0.3) is 0 Å². The molecule has 1 amide bonds. The fourth-order valence-corrected chi connectivity index (χ4v) is 3.09. The van der Waals surface area contributed by atoms with Crippen molar-refractivity contribution in [2.75, 3.05) is 24.7 Å². The Morgan fingerprint density at radius 1 is 1.29 bits per heavy atom. The van der Waals surface area contributed by atoms with Crippen molar-refractivity contribution in [3.63, 3.8) is 0 Å². The summed E-state index contributed by atoms with van der Waals surface area (Å²) in [6.07, 6.45) is 2.73. The normalized spacial score (nSPS) is 18.2. The van der Waals surface area contributed by atoms with Gasteiger partial charge >= 0.3 is 0 Å². The number of nitrogens with one attached hydrogen (secondary N) is 2. The van der Waals surface area contributed by atoms with Crippen molar-refractivity contribution in [3.8, 4) is 0 Å². The van der Waals surface area contributed by atoms with Gasteiger partial charge in [-0.2, -0.15) is 0 Å².